The summed E-state index contributed by atoms with van der Waals surface area (Å²) in [7, 11) is 0. The van der Waals surface area contributed by atoms with Gasteiger partial charge in [-0.3, -0.25) is 9.59 Å². The second kappa shape index (κ2) is 8.94. The van der Waals surface area contributed by atoms with E-state index in [1.807, 2.05) is 13.0 Å². The molecule has 0 spiro atoms. The van der Waals surface area contributed by atoms with Crippen LogP contribution >= 0.6 is 11.3 Å². The van der Waals surface area contributed by atoms with Gasteiger partial charge in [0.2, 0.25) is 17.0 Å². The van der Waals surface area contributed by atoms with Gasteiger partial charge in [-0.1, -0.05) is 23.5 Å². The molecule has 10 nitrogen and oxygen atoms in total. The number of alkyl halides is 2. The van der Waals surface area contributed by atoms with Gasteiger partial charge in [0.25, 0.3) is 5.91 Å². The van der Waals surface area contributed by atoms with E-state index in [9.17, 15) is 23.6 Å². The average Bonchev–Trinajstić information content (AvgIpc) is 3.27. The summed E-state index contributed by atoms with van der Waals surface area (Å²) in [6.45, 7) is 1.94. The van der Waals surface area contributed by atoms with Crippen molar-refractivity contribution in [1.29, 1.82) is 5.26 Å². The van der Waals surface area contributed by atoms with E-state index in [1.54, 1.807) is 29.2 Å². The van der Waals surface area contributed by atoms with Crippen molar-refractivity contribution in [2.75, 3.05) is 0 Å². The van der Waals surface area contributed by atoms with Crippen LogP contribution in [-0.2, 0) is 4.79 Å². The molecule has 2 saturated carbocycles. The fourth-order valence-electron chi connectivity index (χ4n) is 4.80. The largest absolute Gasteiger partial charge is 0.451 e. The highest BCUT2D eigenvalue weighted by Gasteiger charge is 2.53. The van der Waals surface area contributed by atoms with Crippen LogP contribution in [0.15, 0.2) is 41.3 Å². The Bertz CT molecular complexity index is 1620. The van der Waals surface area contributed by atoms with Crippen LogP contribution in [0.4, 0.5) is 8.78 Å². The molecule has 13 heteroatoms. The Morgan fingerprint density at radius 2 is 1.90 bits per heavy atom. The molecule has 2 N–H and O–H groups in total. The Balaban J connectivity index is 1.26. The van der Waals surface area contributed by atoms with E-state index in [0.717, 1.165) is 16.1 Å². The lowest BCUT2D eigenvalue weighted by molar-refractivity contribution is -0.133. The van der Waals surface area contributed by atoms with E-state index in [0.29, 0.717) is 28.9 Å². The molecular formula is C26H23F2N7O3S. The van der Waals surface area contributed by atoms with E-state index in [2.05, 4.69) is 31.8 Å². The van der Waals surface area contributed by atoms with Gasteiger partial charge in [0.1, 0.15) is 29.3 Å². The van der Waals surface area contributed by atoms with Gasteiger partial charge in [-0.2, -0.15) is 15.0 Å². The zero-order valence-corrected chi connectivity index (χ0v) is 21.6. The van der Waals surface area contributed by atoms with Gasteiger partial charge >= 0.3 is 0 Å². The number of nitrogens with zero attached hydrogens (tertiary/aromatic N) is 5. The summed E-state index contributed by atoms with van der Waals surface area (Å²) in [6.07, 6.45) is 2.37. The first kappa shape index (κ1) is 25.1. The molecule has 0 unspecified atom stereocenters. The second-order valence-corrected chi connectivity index (χ2v) is 11.3. The first-order valence-electron chi connectivity index (χ1n) is 12.4. The number of aryl methyl sites for hydroxylation is 1. The predicted molar refractivity (Wildman–Crippen MR) is 136 cm³/mol. The van der Waals surface area contributed by atoms with Crippen molar-refractivity contribution in [1.82, 2.24) is 30.4 Å². The maximum atomic E-state index is 14.0. The molecule has 0 bridgehead atoms. The molecule has 2 amide bonds. The molecule has 6 rings (SSSR count). The second-order valence-electron chi connectivity index (χ2n) is 10.1. The molecule has 0 radical (unpaired) electrons. The summed E-state index contributed by atoms with van der Waals surface area (Å²) >= 11 is 1.46. The highest BCUT2D eigenvalue weighted by molar-refractivity contribution is 7.14. The Morgan fingerprint density at radius 3 is 2.56 bits per heavy atom. The maximum Gasteiger partial charge on any atom is 0.287 e. The molecule has 2 fully saturated rings. The number of aromatic nitrogens is 4. The number of benzene rings is 1. The van der Waals surface area contributed by atoms with Crippen LogP contribution in [-0.4, -0.2) is 48.6 Å². The van der Waals surface area contributed by atoms with Crippen molar-refractivity contribution in [3.63, 3.8) is 0 Å². The van der Waals surface area contributed by atoms with Gasteiger partial charge in [-0.15, -0.1) is 0 Å². The van der Waals surface area contributed by atoms with Crippen LogP contribution < -0.4 is 10.6 Å². The van der Waals surface area contributed by atoms with E-state index in [4.69, 9.17) is 4.42 Å². The van der Waals surface area contributed by atoms with E-state index in [-0.39, 0.29) is 18.6 Å². The number of rotatable bonds is 6. The summed E-state index contributed by atoms with van der Waals surface area (Å²) in [5.74, 6) is -4.27. The van der Waals surface area contributed by atoms with Gasteiger partial charge in [0.05, 0.1) is 11.8 Å². The number of amides is 2. The van der Waals surface area contributed by atoms with Crippen LogP contribution in [0.25, 0.3) is 27.4 Å². The molecule has 2 aliphatic rings. The number of furan rings is 1. The summed E-state index contributed by atoms with van der Waals surface area (Å²) in [5.41, 5.74) is -0.611. The SMILES string of the molecule is Cc1sc(-n2cncn2)nc1-c1ccc2cc(C(=O)NC3(C(=O)NC4(C#N)CC4)CCC(F)(F)CC3)oc2c1. The monoisotopic (exact) mass is 551 g/mol. The molecule has 0 aliphatic heterocycles. The van der Waals surface area contributed by atoms with Gasteiger partial charge in [0.15, 0.2) is 5.76 Å². The number of fused-ring (bicyclic) bond motifs is 1. The lowest BCUT2D eigenvalue weighted by Crippen LogP contribution is -2.62. The predicted octanol–water partition coefficient (Wildman–Crippen LogP) is 4.30. The van der Waals surface area contributed by atoms with Crippen molar-refractivity contribution >= 4 is 34.1 Å². The molecule has 39 heavy (non-hydrogen) atoms. The molecular weight excluding hydrogens is 528 g/mol. The third-order valence-corrected chi connectivity index (χ3v) is 8.32. The smallest absolute Gasteiger partial charge is 0.287 e. The van der Waals surface area contributed by atoms with Gasteiger partial charge in [-0.25, -0.2) is 18.7 Å². The van der Waals surface area contributed by atoms with E-state index in [1.165, 1.54) is 17.7 Å². The van der Waals surface area contributed by atoms with Crippen LogP contribution in [0.5, 0.6) is 0 Å². The molecule has 4 aromatic rings. The summed E-state index contributed by atoms with van der Waals surface area (Å²) in [6, 6.07) is 9.04. The van der Waals surface area contributed by atoms with Gasteiger partial charge < -0.3 is 15.1 Å². The fraction of sp³-hybridized carbons (Fsp3) is 0.385. The zero-order chi connectivity index (χ0) is 27.4. The van der Waals surface area contributed by atoms with E-state index < -0.39 is 41.7 Å². The number of nitrogens with one attached hydrogen (secondary N) is 2. The van der Waals surface area contributed by atoms with Crippen molar-refractivity contribution in [3.8, 4) is 22.5 Å². The lowest BCUT2D eigenvalue weighted by Gasteiger charge is -2.39. The number of halogens is 2. The first-order valence-corrected chi connectivity index (χ1v) is 13.2. The van der Waals surface area contributed by atoms with Crippen LogP contribution in [0.3, 0.4) is 0 Å². The molecule has 200 valence electrons. The standard InChI is InChI=1S/C26H23F2N7O3S/c1-15-20(32-23(39-15)35-14-30-13-31-35)17-3-2-16-10-19(38-18(16)11-17)21(36)33-25(6-8-26(27,28)9-7-25)22(37)34-24(12-29)4-5-24/h2-3,10-11,13-14H,4-9H2,1H3,(H,33,36)(H,34,37). The molecule has 3 aromatic heterocycles. The highest BCUT2D eigenvalue weighted by Crippen LogP contribution is 2.41. The Hall–Kier alpha value is -4.18. The number of nitriles is 1. The van der Waals surface area contributed by atoms with Crippen LogP contribution in [0, 0.1) is 18.3 Å². The molecule has 1 aromatic carbocycles. The number of carbonyl (C=O) groups excluding carboxylic acids is 2. The van der Waals surface area contributed by atoms with Crippen molar-refractivity contribution < 1.29 is 22.8 Å². The average molecular weight is 552 g/mol. The Morgan fingerprint density at radius 1 is 1.13 bits per heavy atom. The summed E-state index contributed by atoms with van der Waals surface area (Å²) < 4.78 is 35.4. The van der Waals surface area contributed by atoms with Crippen LogP contribution in [0.1, 0.15) is 54.0 Å². The Labute approximate surface area is 225 Å². The number of hydrogen-bond donors (Lipinski definition) is 2. The topological polar surface area (TPSA) is 139 Å². The molecule has 0 saturated heterocycles. The maximum absolute atomic E-state index is 14.0. The van der Waals surface area contributed by atoms with Crippen molar-refractivity contribution in [3.05, 3.63) is 47.6 Å². The number of thiazole rings is 1. The summed E-state index contributed by atoms with van der Waals surface area (Å²) in [4.78, 5) is 36.1. The first-order chi connectivity index (χ1) is 18.6. The number of carbonyl (C=O) groups is 2. The Kier molecular flexibility index (Phi) is 5.76. The normalized spacial score (nSPS) is 18.8. The third kappa shape index (κ3) is 4.65. The van der Waals surface area contributed by atoms with Crippen molar-refractivity contribution in [2.24, 2.45) is 0 Å². The summed E-state index contributed by atoms with van der Waals surface area (Å²) in [5, 5.41) is 20.2. The zero-order valence-electron chi connectivity index (χ0n) is 20.8. The minimum absolute atomic E-state index is 0.0496. The molecule has 3 heterocycles. The minimum Gasteiger partial charge on any atom is -0.451 e. The van der Waals surface area contributed by atoms with Gasteiger partial charge in [0, 0.05) is 28.7 Å². The number of hydrogen-bond acceptors (Lipinski definition) is 8. The fourth-order valence-corrected chi connectivity index (χ4v) is 5.66. The minimum atomic E-state index is -2.92. The van der Waals surface area contributed by atoms with Gasteiger partial charge in [-0.05, 0) is 44.7 Å². The third-order valence-electron chi connectivity index (χ3n) is 7.36. The van der Waals surface area contributed by atoms with Crippen molar-refractivity contribution in [2.45, 2.75) is 62.4 Å². The van der Waals surface area contributed by atoms with Crippen LogP contribution in [0.2, 0.25) is 0 Å². The molecule has 2 aliphatic carbocycles. The van der Waals surface area contributed by atoms with E-state index >= 15 is 0 Å². The highest BCUT2D eigenvalue weighted by atomic mass is 32.1. The quantitative estimate of drug-likeness (QED) is 0.364. The lowest BCUT2D eigenvalue weighted by atomic mass is 9.78. The molecule has 0 atom stereocenters.